The summed E-state index contributed by atoms with van der Waals surface area (Å²) in [5, 5.41) is 18.0. The highest BCUT2D eigenvalue weighted by Crippen LogP contribution is 2.30. The van der Waals surface area contributed by atoms with Crippen molar-refractivity contribution < 1.29 is 14.7 Å². The third-order valence-electron chi connectivity index (χ3n) is 5.25. The molecule has 33 heavy (non-hydrogen) atoms. The number of aliphatic carboxylic acids is 1. The van der Waals surface area contributed by atoms with Crippen LogP contribution in [0.15, 0.2) is 47.5 Å². The fraction of sp³-hybridized carbons (Fsp3) is 0.261. The van der Waals surface area contributed by atoms with Crippen molar-refractivity contribution in [3.63, 3.8) is 0 Å². The molecule has 0 spiro atoms. The largest absolute Gasteiger partial charge is 0.480 e. The lowest BCUT2D eigenvalue weighted by Crippen LogP contribution is -2.14. The van der Waals surface area contributed by atoms with Gasteiger partial charge in [-0.3, -0.25) is 19.1 Å². The van der Waals surface area contributed by atoms with Crippen LogP contribution in [0.4, 0.5) is 11.5 Å². The lowest BCUT2D eigenvalue weighted by Gasteiger charge is -2.11. The number of carboxylic acid groups (broad SMARTS) is 1. The quantitative estimate of drug-likeness (QED) is 0.263. The summed E-state index contributed by atoms with van der Waals surface area (Å²) in [4.78, 5) is 45.4. The van der Waals surface area contributed by atoms with Gasteiger partial charge in [0.25, 0.3) is 5.56 Å². The van der Waals surface area contributed by atoms with Crippen molar-refractivity contribution in [2.75, 3.05) is 26.0 Å². The number of carbonyl (C=O) groups is 2. The summed E-state index contributed by atoms with van der Waals surface area (Å²) in [7, 11) is 3.93. The SMILES string of the molecule is CN(C)CCCC(=O)c1ccc2c(=O)[nH]c3nccc(Nc4ccn(CC(=O)O)n4)c3c2c1. The minimum Gasteiger partial charge on any atom is -0.480 e. The van der Waals surface area contributed by atoms with E-state index in [1.165, 1.54) is 4.68 Å². The van der Waals surface area contributed by atoms with Crippen LogP contribution >= 0.6 is 0 Å². The lowest BCUT2D eigenvalue weighted by molar-refractivity contribution is -0.137. The standard InChI is InChI=1S/C23H24N6O4/c1-28(2)10-3-4-18(30)14-5-6-15-16(12-14)21-17(7-9-24-22(21)26-23(15)33)25-19-8-11-29(27-19)13-20(31)32/h5-9,11-12H,3-4,10,13H2,1-2H3,(H,31,32)(H2,24,25,26,27,33). The van der Waals surface area contributed by atoms with E-state index in [1.807, 2.05) is 19.0 Å². The number of Topliss-reactive ketones (excluding diaryl/α,β-unsaturated/α-hetero) is 1. The molecule has 3 aromatic heterocycles. The summed E-state index contributed by atoms with van der Waals surface area (Å²) < 4.78 is 1.30. The predicted molar refractivity (Wildman–Crippen MR) is 125 cm³/mol. The number of carboxylic acids is 1. The van der Waals surface area contributed by atoms with E-state index in [9.17, 15) is 14.4 Å². The molecule has 4 rings (SSSR count). The van der Waals surface area contributed by atoms with Crippen molar-refractivity contribution >= 4 is 45.1 Å². The second-order valence-corrected chi connectivity index (χ2v) is 8.04. The molecule has 0 aliphatic carbocycles. The van der Waals surface area contributed by atoms with E-state index in [0.717, 1.165) is 13.0 Å². The number of fused-ring (bicyclic) bond motifs is 3. The summed E-state index contributed by atoms with van der Waals surface area (Å²) >= 11 is 0. The van der Waals surface area contributed by atoms with E-state index in [2.05, 4.69) is 20.4 Å². The monoisotopic (exact) mass is 448 g/mol. The van der Waals surface area contributed by atoms with Crippen molar-refractivity contribution in [1.82, 2.24) is 24.6 Å². The number of hydrogen-bond acceptors (Lipinski definition) is 7. The second-order valence-electron chi connectivity index (χ2n) is 8.04. The summed E-state index contributed by atoms with van der Waals surface area (Å²) in [5.41, 5.74) is 1.24. The van der Waals surface area contributed by atoms with Gasteiger partial charge in [0.2, 0.25) is 0 Å². The van der Waals surface area contributed by atoms with Gasteiger partial charge < -0.3 is 20.3 Å². The molecule has 0 aliphatic heterocycles. The van der Waals surface area contributed by atoms with E-state index in [1.54, 1.807) is 42.7 Å². The number of nitrogens with one attached hydrogen (secondary N) is 2. The summed E-state index contributed by atoms with van der Waals surface area (Å²) in [6.07, 6.45) is 4.27. The molecule has 0 fully saturated rings. The molecule has 0 radical (unpaired) electrons. The highest BCUT2D eigenvalue weighted by atomic mass is 16.4. The van der Waals surface area contributed by atoms with Gasteiger partial charge in [-0.25, -0.2) is 4.98 Å². The number of anilines is 2. The van der Waals surface area contributed by atoms with Gasteiger partial charge in [0.15, 0.2) is 11.6 Å². The Morgan fingerprint density at radius 1 is 1.18 bits per heavy atom. The van der Waals surface area contributed by atoms with Gasteiger partial charge in [-0.2, -0.15) is 5.10 Å². The van der Waals surface area contributed by atoms with Crippen LogP contribution in [-0.2, 0) is 11.3 Å². The average molecular weight is 448 g/mol. The first kappa shape index (κ1) is 22.2. The number of pyridine rings is 2. The van der Waals surface area contributed by atoms with E-state index >= 15 is 0 Å². The van der Waals surface area contributed by atoms with Gasteiger partial charge >= 0.3 is 5.97 Å². The molecule has 1 aromatic carbocycles. The maximum atomic E-state index is 12.8. The van der Waals surface area contributed by atoms with Crippen molar-refractivity contribution in [2.45, 2.75) is 19.4 Å². The van der Waals surface area contributed by atoms with Crippen LogP contribution in [0, 0.1) is 0 Å². The highest BCUT2D eigenvalue weighted by Gasteiger charge is 2.14. The Bertz CT molecular complexity index is 1410. The second kappa shape index (κ2) is 9.21. The molecule has 3 heterocycles. The fourth-order valence-electron chi connectivity index (χ4n) is 3.72. The van der Waals surface area contributed by atoms with Gasteiger partial charge in [0.05, 0.1) is 5.69 Å². The Hall–Kier alpha value is -4.05. The van der Waals surface area contributed by atoms with Crippen LogP contribution in [0.1, 0.15) is 23.2 Å². The topological polar surface area (TPSA) is 133 Å². The summed E-state index contributed by atoms with van der Waals surface area (Å²) in [6, 6.07) is 8.47. The zero-order valence-corrected chi connectivity index (χ0v) is 18.3. The van der Waals surface area contributed by atoms with Crippen LogP contribution < -0.4 is 10.9 Å². The van der Waals surface area contributed by atoms with E-state index in [0.29, 0.717) is 45.3 Å². The first-order valence-electron chi connectivity index (χ1n) is 10.5. The Kier molecular flexibility index (Phi) is 6.18. The highest BCUT2D eigenvalue weighted by molar-refractivity contribution is 6.13. The summed E-state index contributed by atoms with van der Waals surface area (Å²) in [5.74, 6) is -0.539. The zero-order valence-electron chi connectivity index (χ0n) is 18.3. The molecule has 4 aromatic rings. The normalized spacial score (nSPS) is 11.4. The van der Waals surface area contributed by atoms with Crippen molar-refractivity contribution in [3.05, 3.63) is 58.6 Å². The number of nitrogens with zero attached hydrogens (tertiary/aromatic N) is 4. The molecule has 10 nitrogen and oxygen atoms in total. The van der Waals surface area contributed by atoms with Crippen molar-refractivity contribution in [2.24, 2.45) is 0 Å². The van der Waals surface area contributed by atoms with Crippen LogP contribution in [0.2, 0.25) is 0 Å². The minimum absolute atomic E-state index is 0.0120. The molecule has 0 saturated heterocycles. The molecule has 0 bridgehead atoms. The van der Waals surface area contributed by atoms with Crippen LogP contribution in [0.5, 0.6) is 0 Å². The van der Waals surface area contributed by atoms with Crippen molar-refractivity contribution in [3.8, 4) is 0 Å². The molecule has 3 N–H and O–H groups in total. The number of ketones is 1. The van der Waals surface area contributed by atoms with E-state index < -0.39 is 5.97 Å². The number of rotatable bonds is 9. The Labute approximate surface area is 188 Å². The molecule has 0 atom stereocenters. The van der Waals surface area contributed by atoms with E-state index in [4.69, 9.17) is 5.11 Å². The summed E-state index contributed by atoms with van der Waals surface area (Å²) in [6.45, 7) is 0.558. The number of benzene rings is 1. The first-order chi connectivity index (χ1) is 15.8. The fourth-order valence-corrected chi connectivity index (χ4v) is 3.72. The number of aromatic amines is 1. The van der Waals surface area contributed by atoms with Crippen molar-refractivity contribution in [1.29, 1.82) is 0 Å². The Morgan fingerprint density at radius 2 is 2.00 bits per heavy atom. The van der Waals surface area contributed by atoms with Gasteiger partial charge in [-0.05, 0) is 45.3 Å². The minimum atomic E-state index is -0.995. The van der Waals surface area contributed by atoms with Crippen LogP contribution in [0.25, 0.3) is 21.8 Å². The molecular weight excluding hydrogens is 424 g/mol. The average Bonchev–Trinajstić information content (AvgIpc) is 3.19. The zero-order chi connectivity index (χ0) is 23.5. The third kappa shape index (κ3) is 4.90. The molecule has 0 saturated carbocycles. The molecule has 0 aliphatic rings. The molecule has 0 unspecified atom stereocenters. The number of aromatic nitrogens is 4. The smallest absolute Gasteiger partial charge is 0.325 e. The number of carbonyl (C=O) groups excluding carboxylic acids is 1. The van der Waals surface area contributed by atoms with Gasteiger partial charge in [-0.1, -0.05) is 6.07 Å². The van der Waals surface area contributed by atoms with Gasteiger partial charge in [0, 0.05) is 46.6 Å². The Balaban J connectivity index is 1.76. The lowest BCUT2D eigenvalue weighted by atomic mass is 10.00. The molecule has 170 valence electrons. The van der Waals surface area contributed by atoms with Gasteiger partial charge in [-0.15, -0.1) is 0 Å². The Morgan fingerprint density at radius 3 is 2.76 bits per heavy atom. The maximum absolute atomic E-state index is 12.8. The molecule has 10 heteroatoms. The third-order valence-corrected chi connectivity index (χ3v) is 5.25. The predicted octanol–water partition coefficient (Wildman–Crippen LogP) is 2.63. The first-order valence-corrected chi connectivity index (χ1v) is 10.5. The molecule has 0 amide bonds. The van der Waals surface area contributed by atoms with Gasteiger partial charge in [0.1, 0.15) is 12.2 Å². The number of H-pyrrole nitrogens is 1. The van der Waals surface area contributed by atoms with Crippen LogP contribution in [-0.4, -0.2) is 62.1 Å². The molecular formula is C23H24N6O4. The van der Waals surface area contributed by atoms with Crippen LogP contribution in [0.3, 0.4) is 0 Å². The van der Waals surface area contributed by atoms with E-state index in [-0.39, 0.29) is 17.9 Å². The maximum Gasteiger partial charge on any atom is 0.325 e. The number of hydrogen-bond donors (Lipinski definition) is 3.